The highest BCUT2D eigenvalue weighted by molar-refractivity contribution is 9.10. The molecule has 2 N–H and O–H groups in total. The van der Waals surface area contributed by atoms with Crippen LogP contribution in [0, 0.1) is 0 Å². The second-order valence-electron chi connectivity index (χ2n) is 6.68. The Labute approximate surface area is 203 Å². The summed E-state index contributed by atoms with van der Waals surface area (Å²) >= 11 is 3.34. The van der Waals surface area contributed by atoms with Crippen molar-refractivity contribution in [1.29, 1.82) is 0 Å². The number of methoxy groups -OCH3 is 2. The van der Waals surface area contributed by atoms with E-state index in [-0.39, 0.29) is 5.75 Å². The highest BCUT2D eigenvalue weighted by Gasteiger charge is 2.14. The fraction of sp³-hybridized carbons (Fsp3) is 0.0833. The number of benzene rings is 3. The standard InChI is InChI=1S/C24H20BrN3O6/c1-32-19-8-3-15(4-9-19)24(31)34-21-12-5-17(25)13-16(21)14-26-28-23(30)22(29)27-18-6-10-20(33-2)11-7-18/h3-14H,1-2H3,(H,27,29)(H,28,30)/b26-14-. The molecule has 0 radical (unpaired) electrons. The van der Waals surface area contributed by atoms with Crippen LogP contribution in [0.5, 0.6) is 17.2 Å². The maximum atomic E-state index is 12.5. The Morgan fingerprint density at radius 1 is 0.853 bits per heavy atom. The van der Waals surface area contributed by atoms with Gasteiger partial charge in [-0.3, -0.25) is 9.59 Å². The van der Waals surface area contributed by atoms with Gasteiger partial charge in [-0.25, -0.2) is 10.2 Å². The van der Waals surface area contributed by atoms with E-state index in [0.717, 1.165) is 0 Å². The van der Waals surface area contributed by atoms with Gasteiger partial charge in [0.05, 0.1) is 26.0 Å². The third-order valence-electron chi connectivity index (χ3n) is 4.42. The van der Waals surface area contributed by atoms with Crippen molar-refractivity contribution in [2.24, 2.45) is 5.10 Å². The molecule has 0 aliphatic heterocycles. The lowest BCUT2D eigenvalue weighted by molar-refractivity contribution is -0.136. The molecule has 3 rings (SSSR count). The number of hydrogen-bond donors (Lipinski definition) is 2. The topological polar surface area (TPSA) is 115 Å². The fourth-order valence-electron chi connectivity index (χ4n) is 2.67. The van der Waals surface area contributed by atoms with Crippen LogP contribution in [0.15, 0.2) is 76.3 Å². The minimum Gasteiger partial charge on any atom is -0.497 e. The van der Waals surface area contributed by atoms with Crippen molar-refractivity contribution in [1.82, 2.24) is 5.43 Å². The molecule has 3 aromatic rings. The van der Waals surface area contributed by atoms with Gasteiger partial charge in [-0.05, 0) is 66.7 Å². The number of anilines is 1. The predicted molar refractivity (Wildman–Crippen MR) is 129 cm³/mol. The number of hydrogen-bond acceptors (Lipinski definition) is 7. The van der Waals surface area contributed by atoms with Gasteiger partial charge in [0.15, 0.2) is 0 Å². The van der Waals surface area contributed by atoms with Crippen LogP contribution < -0.4 is 25.0 Å². The fourth-order valence-corrected chi connectivity index (χ4v) is 3.05. The average Bonchev–Trinajstić information content (AvgIpc) is 2.85. The number of halogens is 1. The SMILES string of the molecule is COc1ccc(NC(=O)C(=O)N/N=C\c2cc(Br)ccc2OC(=O)c2ccc(OC)cc2)cc1. The first-order chi connectivity index (χ1) is 16.4. The van der Waals surface area contributed by atoms with Gasteiger partial charge in [0.25, 0.3) is 0 Å². The first kappa shape index (κ1) is 24.5. The molecule has 0 saturated carbocycles. The van der Waals surface area contributed by atoms with E-state index in [9.17, 15) is 14.4 Å². The minimum atomic E-state index is -0.973. The van der Waals surface area contributed by atoms with Crippen LogP contribution in [0.2, 0.25) is 0 Å². The number of amides is 2. The molecule has 0 atom stereocenters. The largest absolute Gasteiger partial charge is 0.497 e. The molecule has 9 nitrogen and oxygen atoms in total. The summed E-state index contributed by atoms with van der Waals surface area (Å²) in [5.74, 6) is -1.02. The molecule has 0 unspecified atom stereocenters. The van der Waals surface area contributed by atoms with Crippen molar-refractivity contribution in [3.05, 3.63) is 82.3 Å². The molecule has 0 heterocycles. The summed E-state index contributed by atoms with van der Waals surface area (Å²) in [5.41, 5.74) is 3.29. The lowest BCUT2D eigenvalue weighted by atomic mass is 10.2. The Hall–Kier alpha value is -4.18. The second kappa shape index (κ2) is 11.6. The Balaban J connectivity index is 1.64. The quantitative estimate of drug-likeness (QED) is 0.159. The molecule has 0 spiro atoms. The third-order valence-corrected chi connectivity index (χ3v) is 4.92. The van der Waals surface area contributed by atoms with Crippen molar-refractivity contribution in [3.63, 3.8) is 0 Å². The first-order valence-electron chi connectivity index (χ1n) is 9.84. The van der Waals surface area contributed by atoms with Crippen molar-refractivity contribution >= 4 is 45.6 Å². The van der Waals surface area contributed by atoms with Gasteiger partial charge in [0.2, 0.25) is 0 Å². The molecule has 2 amide bonds. The Morgan fingerprint density at radius 2 is 1.47 bits per heavy atom. The zero-order valence-corrected chi connectivity index (χ0v) is 19.8. The number of nitrogens with one attached hydrogen (secondary N) is 2. The van der Waals surface area contributed by atoms with Crippen LogP contribution in [-0.4, -0.2) is 38.2 Å². The highest BCUT2D eigenvalue weighted by atomic mass is 79.9. The van der Waals surface area contributed by atoms with Crippen molar-refractivity contribution in [2.75, 3.05) is 19.5 Å². The summed E-state index contributed by atoms with van der Waals surface area (Å²) < 4.78 is 16.3. The number of ether oxygens (including phenoxy) is 3. The molecule has 10 heteroatoms. The Morgan fingerprint density at radius 3 is 2.09 bits per heavy atom. The second-order valence-corrected chi connectivity index (χ2v) is 7.60. The van der Waals surface area contributed by atoms with Crippen molar-refractivity contribution < 1.29 is 28.6 Å². The lowest BCUT2D eigenvalue weighted by Crippen LogP contribution is -2.32. The maximum Gasteiger partial charge on any atom is 0.343 e. The lowest BCUT2D eigenvalue weighted by Gasteiger charge is -2.09. The first-order valence-corrected chi connectivity index (χ1v) is 10.6. The van der Waals surface area contributed by atoms with Gasteiger partial charge in [0.1, 0.15) is 17.2 Å². The van der Waals surface area contributed by atoms with E-state index in [1.54, 1.807) is 66.7 Å². The summed E-state index contributed by atoms with van der Waals surface area (Å²) in [6, 6.07) is 17.8. The molecule has 0 aliphatic carbocycles. The molecule has 174 valence electrons. The number of carbonyl (C=O) groups excluding carboxylic acids is 3. The number of rotatable bonds is 7. The molecular weight excluding hydrogens is 506 g/mol. The Bertz CT molecular complexity index is 1210. The summed E-state index contributed by atoms with van der Waals surface area (Å²) in [6.07, 6.45) is 1.26. The maximum absolute atomic E-state index is 12.5. The number of carbonyl (C=O) groups is 3. The van der Waals surface area contributed by atoms with E-state index >= 15 is 0 Å². The van der Waals surface area contributed by atoms with Gasteiger partial charge in [0, 0.05) is 15.7 Å². The van der Waals surface area contributed by atoms with E-state index in [4.69, 9.17) is 14.2 Å². The molecule has 0 saturated heterocycles. The van der Waals surface area contributed by atoms with Crippen LogP contribution in [-0.2, 0) is 9.59 Å². The highest BCUT2D eigenvalue weighted by Crippen LogP contribution is 2.23. The van der Waals surface area contributed by atoms with E-state index in [1.165, 1.54) is 20.4 Å². The molecular formula is C24H20BrN3O6. The molecule has 34 heavy (non-hydrogen) atoms. The average molecular weight is 526 g/mol. The molecule has 0 aromatic heterocycles. The van der Waals surface area contributed by atoms with Crippen LogP contribution in [0.1, 0.15) is 15.9 Å². The van der Waals surface area contributed by atoms with E-state index in [0.29, 0.717) is 32.8 Å². The Kier molecular flexibility index (Phi) is 8.36. The van der Waals surface area contributed by atoms with Crippen LogP contribution in [0.25, 0.3) is 0 Å². The van der Waals surface area contributed by atoms with E-state index in [2.05, 4.69) is 31.8 Å². The van der Waals surface area contributed by atoms with Crippen molar-refractivity contribution in [2.45, 2.75) is 0 Å². The van der Waals surface area contributed by atoms with Gasteiger partial charge < -0.3 is 19.5 Å². The number of hydrazone groups is 1. The van der Waals surface area contributed by atoms with Crippen LogP contribution in [0.3, 0.4) is 0 Å². The number of nitrogens with zero attached hydrogens (tertiary/aromatic N) is 1. The van der Waals surface area contributed by atoms with Gasteiger partial charge >= 0.3 is 17.8 Å². The molecule has 0 fully saturated rings. The van der Waals surface area contributed by atoms with Crippen LogP contribution in [0.4, 0.5) is 5.69 Å². The summed E-state index contributed by atoms with van der Waals surface area (Å²) in [7, 11) is 3.05. The van der Waals surface area contributed by atoms with E-state index in [1.807, 2.05) is 0 Å². The number of esters is 1. The smallest absolute Gasteiger partial charge is 0.343 e. The normalized spacial score (nSPS) is 10.4. The third kappa shape index (κ3) is 6.66. The molecule has 3 aromatic carbocycles. The summed E-state index contributed by atoms with van der Waals surface area (Å²) in [6.45, 7) is 0. The zero-order valence-electron chi connectivity index (χ0n) is 18.2. The molecule has 0 bridgehead atoms. The molecule has 0 aliphatic rings. The van der Waals surface area contributed by atoms with Gasteiger partial charge in [-0.1, -0.05) is 15.9 Å². The summed E-state index contributed by atoms with van der Waals surface area (Å²) in [4.78, 5) is 36.6. The minimum absolute atomic E-state index is 0.213. The predicted octanol–water partition coefficient (Wildman–Crippen LogP) is 3.77. The summed E-state index contributed by atoms with van der Waals surface area (Å²) in [5, 5.41) is 6.25. The van der Waals surface area contributed by atoms with Gasteiger partial charge in [-0.15, -0.1) is 0 Å². The zero-order chi connectivity index (χ0) is 24.5. The van der Waals surface area contributed by atoms with Gasteiger partial charge in [-0.2, -0.15) is 5.10 Å². The van der Waals surface area contributed by atoms with Crippen molar-refractivity contribution in [3.8, 4) is 17.2 Å². The van der Waals surface area contributed by atoms with Crippen LogP contribution >= 0.6 is 15.9 Å². The monoisotopic (exact) mass is 525 g/mol. The van der Waals surface area contributed by atoms with E-state index < -0.39 is 17.8 Å².